The van der Waals surface area contributed by atoms with Gasteiger partial charge in [-0.05, 0) is 11.6 Å². The van der Waals surface area contributed by atoms with E-state index in [1.165, 1.54) is 11.3 Å². The second kappa shape index (κ2) is 3.00. The van der Waals surface area contributed by atoms with Crippen LogP contribution in [0.3, 0.4) is 0 Å². The van der Waals surface area contributed by atoms with Crippen molar-refractivity contribution in [1.82, 2.24) is 0 Å². The van der Waals surface area contributed by atoms with Crippen LogP contribution in [0.4, 0.5) is 5.69 Å². The standard InChI is InChI=1S/C10H11NOS/c1-11-9-6-8(12-2)4-3-7(9)5-10(11)13/h3-4,6H,5H2,1-2H3. The molecular weight excluding hydrogens is 182 g/mol. The van der Waals surface area contributed by atoms with Crippen LogP contribution in [-0.2, 0) is 6.42 Å². The predicted octanol–water partition coefficient (Wildman–Crippen LogP) is 2.01. The Morgan fingerprint density at radius 2 is 2.23 bits per heavy atom. The molecule has 1 heterocycles. The van der Waals surface area contributed by atoms with Crippen molar-refractivity contribution >= 4 is 22.9 Å². The van der Waals surface area contributed by atoms with Crippen LogP contribution in [0.15, 0.2) is 18.2 Å². The van der Waals surface area contributed by atoms with Crippen molar-refractivity contribution in [2.45, 2.75) is 6.42 Å². The number of hydrogen-bond acceptors (Lipinski definition) is 2. The molecule has 2 nitrogen and oxygen atoms in total. The molecule has 1 aromatic carbocycles. The molecule has 0 radical (unpaired) electrons. The van der Waals surface area contributed by atoms with Crippen LogP contribution < -0.4 is 9.64 Å². The van der Waals surface area contributed by atoms with E-state index in [-0.39, 0.29) is 0 Å². The summed E-state index contributed by atoms with van der Waals surface area (Å²) in [5.41, 5.74) is 2.46. The number of thiocarbonyl (C=S) groups is 1. The lowest BCUT2D eigenvalue weighted by Gasteiger charge is -2.12. The summed E-state index contributed by atoms with van der Waals surface area (Å²) in [7, 11) is 3.67. The Bertz CT molecular complexity index is 362. The minimum Gasteiger partial charge on any atom is -0.497 e. The fourth-order valence-electron chi connectivity index (χ4n) is 1.55. The van der Waals surface area contributed by atoms with Gasteiger partial charge in [-0.2, -0.15) is 0 Å². The zero-order chi connectivity index (χ0) is 9.42. The third-order valence-electron chi connectivity index (χ3n) is 2.37. The molecule has 1 aromatic rings. The highest BCUT2D eigenvalue weighted by molar-refractivity contribution is 7.80. The van der Waals surface area contributed by atoms with Gasteiger partial charge in [0, 0.05) is 25.2 Å². The average Bonchev–Trinajstić information content (AvgIpc) is 2.43. The van der Waals surface area contributed by atoms with Gasteiger partial charge in [0.05, 0.1) is 12.1 Å². The summed E-state index contributed by atoms with van der Waals surface area (Å²) >= 11 is 5.21. The van der Waals surface area contributed by atoms with Crippen molar-refractivity contribution in [3.05, 3.63) is 23.8 Å². The SMILES string of the molecule is COc1ccc2c(c1)N(C)C(=S)C2. The molecule has 68 valence electrons. The number of nitrogens with zero attached hydrogens (tertiary/aromatic N) is 1. The smallest absolute Gasteiger partial charge is 0.120 e. The van der Waals surface area contributed by atoms with E-state index in [0.717, 1.165) is 17.2 Å². The Hall–Kier alpha value is -1.09. The zero-order valence-electron chi connectivity index (χ0n) is 7.70. The first-order chi connectivity index (χ1) is 6.22. The first kappa shape index (κ1) is 8.51. The Morgan fingerprint density at radius 3 is 2.92 bits per heavy atom. The molecule has 0 amide bonds. The number of hydrogen-bond donors (Lipinski definition) is 0. The molecule has 0 fully saturated rings. The summed E-state index contributed by atoms with van der Waals surface area (Å²) in [5, 5.41) is 0. The summed E-state index contributed by atoms with van der Waals surface area (Å²) in [6.45, 7) is 0. The molecular formula is C10H11NOS. The molecule has 1 aliphatic heterocycles. The van der Waals surface area contributed by atoms with Gasteiger partial charge in [-0.3, -0.25) is 0 Å². The monoisotopic (exact) mass is 193 g/mol. The zero-order valence-corrected chi connectivity index (χ0v) is 8.52. The molecule has 2 rings (SSSR count). The van der Waals surface area contributed by atoms with Gasteiger partial charge in [-0.15, -0.1) is 0 Å². The second-order valence-electron chi connectivity index (χ2n) is 3.12. The third-order valence-corrected chi connectivity index (χ3v) is 2.79. The predicted molar refractivity (Wildman–Crippen MR) is 57.7 cm³/mol. The Morgan fingerprint density at radius 1 is 1.46 bits per heavy atom. The van der Waals surface area contributed by atoms with Crippen LogP contribution in [0, 0.1) is 0 Å². The third kappa shape index (κ3) is 1.29. The van der Waals surface area contributed by atoms with Crippen molar-refractivity contribution in [2.75, 3.05) is 19.1 Å². The summed E-state index contributed by atoms with van der Waals surface area (Å²) in [5.74, 6) is 0.885. The molecule has 13 heavy (non-hydrogen) atoms. The van der Waals surface area contributed by atoms with Crippen LogP contribution in [0.25, 0.3) is 0 Å². The lowest BCUT2D eigenvalue weighted by Crippen LogP contribution is -2.18. The van der Waals surface area contributed by atoms with Crippen molar-refractivity contribution in [1.29, 1.82) is 0 Å². The van der Waals surface area contributed by atoms with Crippen LogP contribution in [0.2, 0.25) is 0 Å². The van der Waals surface area contributed by atoms with Gasteiger partial charge in [0.1, 0.15) is 5.75 Å². The molecule has 0 spiro atoms. The van der Waals surface area contributed by atoms with E-state index in [2.05, 4.69) is 6.07 Å². The van der Waals surface area contributed by atoms with Gasteiger partial charge >= 0.3 is 0 Å². The second-order valence-corrected chi connectivity index (χ2v) is 3.60. The van der Waals surface area contributed by atoms with Crippen molar-refractivity contribution in [3.8, 4) is 5.75 Å². The Labute approximate surface area is 83.1 Å². The lowest BCUT2D eigenvalue weighted by atomic mass is 10.1. The molecule has 0 N–H and O–H groups in total. The van der Waals surface area contributed by atoms with Crippen LogP contribution in [0.5, 0.6) is 5.75 Å². The van der Waals surface area contributed by atoms with Gasteiger partial charge in [0.2, 0.25) is 0 Å². The quantitative estimate of drug-likeness (QED) is 0.633. The summed E-state index contributed by atoms with van der Waals surface area (Å²) < 4.78 is 5.15. The van der Waals surface area contributed by atoms with Crippen molar-refractivity contribution < 1.29 is 4.74 Å². The van der Waals surface area contributed by atoms with Crippen LogP contribution >= 0.6 is 12.2 Å². The minimum absolute atomic E-state index is 0.880. The van der Waals surface area contributed by atoms with E-state index in [1.54, 1.807) is 7.11 Å². The van der Waals surface area contributed by atoms with Crippen LogP contribution in [-0.4, -0.2) is 19.1 Å². The van der Waals surface area contributed by atoms with Crippen molar-refractivity contribution in [3.63, 3.8) is 0 Å². The first-order valence-electron chi connectivity index (χ1n) is 4.16. The summed E-state index contributed by atoms with van der Waals surface area (Å²) in [6, 6.07) is 6.07. The van der Waals surface area contributed by atoms with E-state index in [4.69, 9.17) is 17.0 Å². The van der Waals surface area contributed by atoms with E-state index >= 15 is 0 Å². The normalized spacial score (nSPS) is 14.6. The van der Waals surface area contributed by atoms with Gasteiger partial charge in [0.15, 0.2) is 0 Å². The molecule has 0 aliphatic carbocycles. The topological polar surface area (TPSA) is 12.5 Å². The molecule has 0 atom stereocenters. The van der Waals surface area contributed by atoms with E-state index < -0.39 is 0 Å². The molecule has 0 unspecified atom stereocenters. The van der Waals surface area contributed by atoms with Gasteiger partial charge in [-0.1, -0.05) is 18.3 Å². The first-order valence-corrected chi connectivity index (χ1v) is 4.56. The number of ether oxygens (including phenoxy) is 1. The highest BCUT2D eigenvalue weighted by atomic mass is 32.1. The fraction of sp³-hybridized carbons (Fsp3) is 0.300. The fourth-order valence-corrected chi connectivity index (χ4v) is 1.80. The van der Waals surface area contributed by atoms with Gasteiger partial charge in [0.25, 0.3) is 0 Å². The Balaban J connectivity index is 2.47. The molecule has 0 aromatic heterocycles. The number of likely N-dealkylation sites (N-methyl/N-ethyl adjacent to an activating group) is 1. The Kier molecular flexibility index (Phi) is 1.96. The van der Waals surface area contributed by atoms with Crippen molar-refractivity contribution in [2.24, 2.45) is 0 Å². The number of fused-ring (bicyclic) bond motifs is 1. The summed E-state index contributed by atoms with van der Waals surface area (Å²) in [6.07, 6.45) is 0.880. The van der Waals surface area contributed by atoms with Crippen LogP contribution in [0.1, 0.15) is 5.56 Å². The molecule has 0 saturated carbocycles. The number of benzene rings is 1. The highest BCUT2D eigenvalue weighted by Crippen LogP contribution is 2.31. The summed E-state index contributed by atoms with van der Waals surface area (Å²) in [4.78, 5) is 3.01. The van der Waals surface area contributed by atoms with Gasteiger partial charge in [-0.25, -0.2) is 0 Å². The molecule has 3 heteroatoms. The lowest BCUT2D eigenvalue weighted by molar-refractivity contribution is 0.415. The number of anilines is 1. The number of methoxy groups -OCH3 is 1. The molecule has 1 aliphatic rings. The van der Waals surface area contributed by atoms with E-state index in [0.29, 0.717) is 0 Å². The van der Waals surface area contributed by atoms with E-state index in [1.807, 2.05) is 24.1 Å². The minimum atomic E-state index is 0.880. The highest BCUT2D eigenvalue weighted by Gasteiger charge is 2.20. The maximum atomic E-state index is 5.21. The average molecular weight is 193 g/mol. The molecule has 0 bridgehead atoms. The van der Waals surface area contributed by atoms with E-state index in [9.17, 15) is 0 Å². The number of rotatable bonds is 1. The maximum Gasteiger partial charge on any atom is 0.120 e. The largest absolute Gasteiger partial charge is 0.497 e. The molecule has 0 saturated heterocycles. The maximum absolute atomic E-state index is 5.21. The van der Waals surface area contributed by atoms with Gasteiger partial charge < -0.3 is 9.64 Å².